The van der Waals surface area contributed by atoms with Crippen molar-refractivity contribution in [2.24, 2.45) is 0 Å². The number of nitriles is 1. The van der Waals surface area contributed by atoms with Gasteiger partial charge in [0.25, 0.3) is 5.91 Å². The lowest BCUT2D eigenvalue weighted by Crippen LogP contribution is -2.35. The number of benzene rings is 3. The van der Waals surface area contributed by atoms with Crippen molar-refractivity contribution in [3.8, 4) is 6.07 Å². The molecule has 0 bridgehead atoms. The number of carbonyl (C=O) groups excluding carboxylic acids is 1. The number of amides is 1. The van der Waals surface area contributed by atoms with E-state index in [9.17, 15) is 15.2 Å². The largest absolute Gasteiger partial charge is 0.393 e. The minimum Gasteiger partial charge on any atom is -0.393 e. The minimum atomic E-state index is -0.178. The number of hydrogen-bond donors (Lipinski definition) is 2. The molecule has 4 rings (SSSR count). The summed E-state index contributed by atoms with van der Waals surface area (Å²) < 4.78 is 0. The summed E-state index contributed by atoms with van der Waals surface area (Å²) >= 11 is 1.51. The van der Waals surface area contributed by atoms with E-state index in [1.807, 2.05) is 48.5 Å². The van der Waals surface area contributed by atoms with E-state index in [1.54, 1.807) is 18.2 Å². The molecule has 162 valence electrons. The number of likely N-dealkylation sites (tertiary alicyclic amines) is 1. The van der Waals surface area contributed by atoms with E-state index < -0.39 is 0 Å². The van der Waals surface area contributed by atoms with Crippen molar-refractivity contribution in [1.29, 1.82) is 5.26 Å². The minimum absolute atomic E-state index is 0.155. The Bertz CT molecular complexity index is 1120. The second-order valence-electron chi connectivity index (χ2n) is 7.90. The topological polar surface area (TPSA) is 76.4 Å². The average Bonchev–Trinajstić information content (AvgIpc) is 2.82. The van der Waals surface area contributed by atoms with Crippen LogP contribution in [-0.4, -0.2) is 35.1 Å². The summed E-state index contributed by atoms with van der Waals surface area (Å²) in [4.78, 5) is 16.9. The molecule has 3 aromatic carbocycles. The predicted molar refractivity (Wildman–Crippen MR) is 127 cm³/mol. The Morgan fingerprint density at radius 3 is 2.56 bits per heavy atom. The summed E-state index contributed by atoms with van der Waals surface area (Å²) in [5.41, 5.74) is 3.13. The monoisotopic (exact) mass is 443 g/mol. The average molecular weight is 444 g/mol. The molecule has 6 heteroatoms. The third kappa shape index (κ3) is 5.77. The van der Waals surface area contributed by atoms with Crippen LogP contribution in [0.1, 0.15) is 34.3 Å². The van der Waals surface area contributed by atoms with Crippen molar-refractivity contribution in [2.45, 2.75) is 35.3 Å². The first-order valence-electron chi connectivity index (χ1n) is 10.7. The third-order valence-corrected chi connectivity index (χ3v) is 6.58. The van der Waals surface area contributed by atoms with Gasteiger partial charge >= 0.3 is 0 Å². The second-order valence-corrected chi connectivity index (χ2v) is 9.01. The maximum Gasteiger partial charge on any atom is 0.255 e. The van der Waals surface area contributed by atoms with Gasteiger partial charge in [-0.3, -0.25) is 9.69 Å². The van der Waals surface area contributed by atoms with Crippen LogP contribution in [-0.2, 0) is 6.54 Å². The number of carbonyl (C=O) groups is 1. The Morgan fingerprint density at radius 2 is 1.81 bits per heavy atom. The number of hydrogen-bond acceptors (Lipinski definition) is 5. The van der Waals surface area contributed by atoms with Gasteiger partial charge in [0.1, 0.15) is 6.07 Å². The van der Waals surface area contributed by atoms with E-state index >= 15 is 0 Å². The first kappa shape index (κ1) is 22.1. The third-order valence-electron chi connectivity index (χ3n) is 5.50. The highest BCUT2D eigenvalue weighted by Crippen LogP contribution is 2.30. The number of aliphatic hydroxyl groups excluding tert-OH is 1. The fraction of sp³-hybridized carbons (Fsp3) is 0.231. The van der Waals surface area contributed by atoms with Gasteiger partial charge in [-0.15, -0.1) is 0 Å². The molecule has 1 amide bonds. The number of nitrogens with one attached hydrogen (secondary N) is 1. The molecule has 1 aliphatic heterocycles. The molecule has 1 aliphatic rings. The van der Waals surface area contributed by atoms with Crippen molar-refractivity contribution in [3.63, 3.8) is 0 Å². The number of piperidine rings is 1. The maximum atomic E-state index is 12.7. The van der Waals surface area contributed by atoms with Gasteiger partial charge in [0.05, 0.1) is 11.7 Å². The predicted octanol–water partition coefficient (Wildman–Crippen LogP) is 4.92. The van der Waals surface area contributed by atoms with E-state index in [2.05, 4.69) is 22.4 Å². The Balaban J connectivity index is 1.37. The van der Waals surface area contributed by atoms with Gasteiger partial charge in [0.15, 0.2) is 0 Å². The highest BCUT2D eigenvalue weighted by molar-refractivity contribution is 7.99. The van der Waals surface area contributed by atoms with Gasteiger partial charge in [-0.05, 0) is 66.9 Å². The van der Waals surface area contributed by atoms with Crippen LogP contribution in [0.25, 0.3) is 0 Å². The standard InChI is InChI=1S/C26H25N3O2S/c27-17-21-5-1-2-7-25(21)32-24-10-8-20(9-11-24)26(31)28-22-6-3-4-19(16-22)18-29-14-12-23(30)13-15-29/h1-11,16,23,30H,12-15,18H2,(H,28,31). The highest BCUT2D eigenvalue weighted by Gasteiger charge is 2.17. The number of nitrogens with zero attached hydrogens (tertiary/aromatic N) is 2. The number of aliphatic hydroxyl groups is 1. The van der Waals surface area contributed by atoms with E-state index in [-0.39, 0.29) is 12.0 Å². The van der Waals surface area contributed by atoms with Gasteiger partial charge in [-0.25, -0.2) is 0 Å². The first-order chi connectivity index (χ1) is 15.6. The van der Waals surface area contributed by atoms with Crippen LogP contribution in [0.15, 0.2) is 82.6 Å². The lowest BCUT2D eigenvalue weighted by molar-refractivity contribution is 0.0792. The molecule has 0 saturated carbocycles. The normalized spacial score (nSPS) is 14.6. The Hall–Kier alpha value is -3.11. The molecule has 2 N–H and O–H groups in total. The van der Waals surface area contributed by atoms with E-state index in [0.717, 1.165) is 53.5 Å². The first-order valence-corrected chi connectivity index (χ1v) is 11.5. The molecule has 0 unspecified atom stereocenters. The van der Waals surface area contributed by atoms with Gasteiger partial charge in [0.2, 0.25) is 0 Å². The van der Waals surface area contributed by atoms with E-state index in [1.165, 1.54) is 11.8 Å². The van der Waals surface area contributed by atoms with Crippen LogP contribution in [0.3, 0.4) is 0 Å². The Kier molecular flexibility index (Phi) is 7.23. The van der Waals surface area contributed by atoms with Crippen LogP contribution in [0.4, 0.5) is 5.69 Å². The van der Waals surface area contributed by atoms with Crippen LogP contribution in [0.2, 0.25) is 0 Å². The van der Waals surface area contributed by atoms with Gasteiger partial charge < -0.3 is 10.4 Å². The molecule has 0 atom stereocenters. The summed E-state index contributed by atoms with van der Waals surface area (Å²) in [5.74, 6) is -0.155. The van der Waals surface area contributed by atoms with Crippen LogP contribution >= 0.6 is 11.8 Å². The van der Waals surface area contributed by atoms with Crippen LogP contribution in [0, 0.1) is 11.3 Å². The lowest BCUT2D eigenvalue weighted by Gasteiger charge is -2.29. The molecule has 1 heterocycles. The number of anilines is 1. The highest BCUT2D eigenvalue weighted by atomic mass is 32.2. The quantitative estimate of drug-likeness (QED) is 0.566. The smallest absolute Gasteiger partial charge is 0.255 e. The molecular formula is C26H25N3O2S. The summed E-state index contributed by atoms with van der Waals surface area (Å²) in [6.07, 6.45) is 1.45. The number of rotatable bonds is 6. The van der Waals surface area contributed by atoms with Gasteiger partial charge in [-0.2, -0.15) is 5.26 Å². The summed E-state index contributed by atoms with van der Waals surface area (Å²) in [6, 6.07) is 25.0. The Labute approximate surface area is 192 Å². The summed E-state index contributed by atoms with van der Waals surface area (Å²) in [5, 5.41) is 21.9. The zero-order chi connectivity index (χ0) is 22.3. The molecule has 5 nitrogen and oxygen atoms in total. The van der Waals surface area contributed by atoms with Crippen molar-refractivity contribution in [2.75, 3.05) is 18.4 Å². The summed E-state index contributed by atoms with van der Waals surface area (Å²) in [7, 11) is 0. The molecule has 1 saturated heterocycles. The van der Waals surface area contributed by atoms with E-state index in [0.29, 0.717) is 11.1 Å². The maximum absolute atomic E-state index is 12.7. The molecule has 32 heavy (non-hydrogen) atoms. The van der Waals surface area contributed by atoms with Crippen molar-refractivity contribution < 1.29 is 9.90 Å². The molecule has 0 aliphatic carbocycles. The fourth-order valence-electron chi connectivity index (χ4n) is 3.74. The molecule has 3 aromatic rings. The molecule has 1 fully saturated rings. The van der Waals surface area contributed by atoms with Crippen molar-refractivity contribution in [1.82, 2.24) is 4.90 Å². The van der Waals surface area contributed by atoms with Crippen molar-refractivity contribution >= 4 is 23.4 Å². The zero-order valence-corrected chi connectivity index (χ0v) is 18.5. The van der Waals surface area contributed by atoms with Crippen LogP contribution in [0.5, 0.6) is 0 Å². The second kappa shape index (κ2) is 10.5. The lowest BCUT2D eigenvalue weighted by atomic mass is 10.1. The Morgan fingerprint density at radius 1 is 1.06 bits per heavy atom. The molecular weight excluding hydrogens is 418 g/mol. The molecule has 0 spiro atoms. The van der Waals surface area contributed by atoms with Crippen LogP contribution < -0.4 is 5.32 Å². The fourth-order valence-corrected chi connectivity index (χ4v) is 4.63. The summed E-state index contributed by atoms with van der Waals surface area (Å²) in [6.45, 7) is 2.59. The zero-order valence-electron chi connectivity index (χ0n) is 17.7. The molecule has 0 aromatic heterocycles. The van der Waals surface area contributed by atoms with E-state index in [4.69, 9.17) is 0 Å². The molecule has 0 radical (unpaired) electrons. The van der Waals surface area contributed by atoms with Crippen molar-refractivity contribution in [3.05, 3.63) is 89.5 Å². The SMILES string of the molecule is N#Cc1ccccc1Sc1ccc(C(=O)Nc2cccc(CN3CCC(O)CC3)c2)cc1. The van der Waals surface area contributed by atoms with Gasteiger partial charge in [-0.1, -0.05) is 36.0 Å². The van der Waals surface area contributed by atoms with Gasteiger partial charge in [0, 0.05) is 40.7 Å².